The fraction of sp³-hybridized carbons (Fsp3) is 0.125. The van der Waals surface area contributed by atoms with Gasteiger partial charge in [0.25, 0.3) is 0 Å². The molecule has 0 bridgehead atoms. The van der Waals surface area contributed by atoms with Crippen molar-refractivity contribution in [3.63, 3.8) is 0 Å². The van der Waals surface area contributed by atoms with E-state index in [1.807, 2.05) is 0 Å². The van der Waals surface area contributed by atoms with Gasteiger partial charge >= 0.3 is 11.9 Å². The first-order valence-corrected chi connectivity index (χ1v) is 6.34. The predicted octanol–water partition coefficient (Wildman–Crippen LogP) is 2.81. The topological polar surface area (TPSA) is 74.6 Å². The molecule has 1 atom stereocenters. The van der Waals surface area contributed by atoms with Gasteiger partial charge < -0.3 is 10.2 Å². The summed E-state index contributed by atoms with van der Waals surface area (Å²) in [4.78, 5) is 23.1. The van der Waals surface area contributed by atoms with Crippen LogP contribution in [0.25, 0.3) is 0 Å². The van der Waals surface area contributed by atoms with Crippen LogP contribution in [-0.2, 0) is 15.0 Å². The summed E-state index contributed by atoms with van der Waals surface area (Å²) in [6.07, 6.45) is -0.794. The number of carboxylic acid groups (broad SMARTS) is 2. The van der Waals surface area contributed by atoms with Crippen LogP contribution < -0.4 is 0 Å². The van der Waals surface area contributed by atoms with Crippen molar-refractivity contribution in [2.24, 2.45) is 0 Å². The first-order valence-electron chi connectivity index (χ1n) is 6.34. The summed E-state index contributed by atoms with van der Waals surface area (Å²) in [6, 6.07) is 10.2. The summed E-state index contributed by atoms with van der Waals surface area (Å²) < 4.78 is 26.6. The van der Waals surface area contributed by atoms with Gasteiger partial charge in [-0.3, -0.25) is 9.59 Å². The third kappa shape index (κ3) is 2.67. The number of carboxylic acids is 2. The van der Waals surface area contributed by atoms with E-state index in [1.165, 1.54) is 12.1 Å². The van der Waals surface area contributed by atoms with Gasteiger partial charge in [0.1, 0.15) is 5.41 Å². The molecule has 0 spiro atoms. The number of aliphatic carboxylic acids is 2. The monoisotopic (exact) mass is 306 g/mol. The maximum Gasteiger partial charge on any atom is 0.319 e. The van der Waals surface area contributed by atoms with E-state index < -0.39 is 35.4 Å². The highest BCUT2D eigenvalue weighted by molar-refractivity contribution is 5.91. The minimum Gasteiger partial charge on any atom is -0.481 e. The van der Waals surface area contributed by atoms with Gasteiger partial charge in [-0.1, -0.05) is 36.4 Å². The van der Waals surface area contributed by atoms with Gasteiger partial charge in [-0.15, -0.1) is 0 Å². The van der Waals surface area contributed by atoms with Gasteiger partial charge in [-0.2, -0.15) is 0 Å². The van der Waals surface area contributed by atoms with Crippen LogP contribution >= 0.6 is 0 Å². The van der Waals surface area contributed by atoms with Crippen molar-refractivity contribution in [1.29, 1.82) is 0 Å². The molecule has 2 rings (SSSR count). The quantitative estimate of drug-likeness (QED) is 0.890. The Kier molecular flexibility index (Phi) is 4.21. The average molecular weight is 306 g/mol. The van der Waals surface area contributed by atoms with Crippen molar-refractivity contribution in [3.8, 4) is 0 Å². The van der Waals surface area contributed by atoms with E-state index in [0.29, 0.717) is 0 Å². The Bertz CT molecular complexity index is 715. The molecule has 2 N–H and O–H groups in total. The zero-order chi connectivity index (χ0) is 16.3. The second-order valence-electron chi connectivity index (χ2n) is 4.78. The molecule has 0 saturated carbocycles. The van der Waals surface area contributed by atoms with Crippen molar-refractivity contribution < 1.29 is 28.6 Å². The Morgan fingerprint density at radius 1 is 0.909 bits per heavy atom. The summed E-state index contributed by atoms with van der Waals surface area (Å²) in [5.74, 6) is -5.18. The Balaban J connectivity index is 2.75. The molecule has 0 aliphatic rings. The van der Waals surface area contributed by atoms with Crippen molar-refractivity contribution >= 4 is 11.9 Å². The van der Waals surface area contributed by atoms with Crippen molar-refractivity contribution in [3.05, 3.63) is 71.3 Å². The smallest absolute Gasteiger partial charge is 0.319 e. The maximum atomic E-state index is 13.5. The van der Waals surface area contributed by atoms with Crippen molar-refractivity contribution in [1.82, 2.24) is 0 Å². The van der Waals surface area contributed by atoms with Crippen LogP contribution in [0.1, 0.15) is 17.5 Å². The Hall–Kier alpha value is -2.76. The largest absolute Gasteiger partial charge is 0.481 e. The van der Waals surface area contributed by atoms with Crippen molar-refractivity contribution in [2.75, 3.05) is 0 Å². The predicted molar refractivity (Wildman–Crippen MR) is 73.5 cm³/mol. The molecular formula is C16H12F2O4. The highest BCUT2D eigenvalue weighted by Gasteiger charge is 2.44. The third-order valence-electron chi connectivity index (χ3n) is 3.46. The molecule has 2 aromatic carbocycles. The SMILES string of the molecule is O=C(O)CC(C(=O)O)(c1ccccc1)c1ccc(F)c(F)c1. The van der Waals surface area contributed by atoms with Crippen LogP contribution in [0.4, 0.5) is 8.78 Å². The summed E-state index contributed by atoms with van der Waals surface area (Å²) in [5.41, 5.74) is -1.95. The summed E-state index contributed by atoms with van der Waals surface area (Å²) >= 11 is 0. The number of benzene rings is 2. The van der Waals surface area contributed by atoms with Gasteiger partial charge in [-0.05, 0) is 23.3 Å². The lowest BCUT2D eigenvalue weighted by atomic mass is 9.72. The van der Waals surface area contributed by atoms with Gasteiger partial charge in [0.15, 0.2) is 11.6 Å². The first kappa shape index (κ1) is 15.6. The minimum atomic E-state index is -2.00. The highest BCUT2D eigenvalue weighted by Crippen LogP contribution is 2.37. The van der Waals surface area contributed by atoms with Crippen LogP contribution in [0.3, 0.4) is 0 Å². The fourth-order valence-corrected chi connectivity index (χ4v) is 2.40. The lowest BCUT2D eigenvalue weighted by Gasteiger charge is -2.29. The second-order valence-corrected chi connectivity index (χ2v) is 4.78. The molecule has 22 heavy (non-hydrogen) atoms. The second kappa shape index (κ2) is 5.93. The van der Waals surface area contributed by atoms with E-state index in [4.69, 9.17) is 5.11 Å². The molecule has 0 amide bonds. The zero-order valence-electron chi connectivity index (χ0n) is 11.3. The maximum absolute atomic E-state index is 13.5. The van der Waals surface area contributed by atoms with Gasteiger partial charge in [0.05, 0.1) is 6.42 Å². The summed E-state index contributed by atoms with van der Waals surface area (Å²) in [5, 5.41) is 18.8. The number of carbonyl (C=O) groups is 2. The summed E-state index contributed by atoms with van der Waals surface area (Å²) in [7, 11) is 0. The molecule has 4 nitrogen and oxygen atoms in total. The Morgan fingerprint density at radius 3 is 2.05 bits per heavy atom. The molecule has 0 aromatic heterocycles. The molecule has 114 valence electrons. The van der Waals surface area contributed by atoms with E-state index in [2.05, 4.69) is 0 Å². The van der Waals surface area contributed by atoms with Gasteiger partial charge in [0, 0.05) is 0 Å². The Labute approximate surface area is 124 Å². The molecule has 1 unspecified atom stereocenters. The molecular weight excluding hydrogens is 294 g/mol. The number of halogens is 2. The van der Waals surface area contributed by atoms with E-state index >= 15 is 0 Å². The lowest BCUT2D eigenvalue weighted by molar-refractivity contribution is -0.148. The normalized spacial score (nSPS) is 13.4. The zero-order valence-corrected chi connectivity index (χ0v) is 11.3. The van der Waals surface area contributed by atoms with Crippen LogP contribution in [0.15, 0.2) is 48.5 Å². The lowest BCUT2D eigenvalue weighted by Crippen LogP contribution is -2.39. The Morgan fingerprint density at radius 2 is 1.55 bits per heavy atom. The molecule has 0 saturated heterocycles. The van der Waals surface area contributed by atoms with E-state index in [-0.39, 0.29) is 11.1 Å². The molecule has 0 heterocycles. The fourth-order valence-electron chi connectivity index (χ4n) is 2.40. The molecule has 0 aliphatic heterocycles. The van der Waals surface area contributed by atoms with Crippen LogP contribution in [-0.4, -0.2) is 22.2 Å². The molecule has 6 heteroatoms. The standard InChI is InChI=1S/C16H12F2O4/c17-12-7-6-11(8-13(12)18)16(15(21)22,9-14(19)20)10-4-2-1-3-5-10/h1-8H,9H2,(H,19,20)(H,21,22). The first-order chi connectivity index (χ1) is 10.4. The molecule has 0 fully saturated rings. The van der Waals surface area contributed by atoms with Crippen molar-refractivity contribution in [2.45, 2.75) is 11.8 Å². The van der Waals surface area contributed by atoms with Gasteiger partial charge in [-0.25, -0.2) is 8.78 Å². The van der Waals surface area contributed by atoms with E-state index in [1.54, 1.807) is 18.2 Å². The third-order valence-corrected chi connectivity index (χ3v) is 3.46. The average Bonchev–Trinajstić information content (AvgIpc) is 2.48. The number of rotatable bonds is 5. The molecule has 2 aromatic rings. The van der Waals surface area contributed by atoms with Crippen LogP contribution in [0.5, 0.6) is 0 Å². The van der Waals surface area contributed by atoms with Crippen LogP contribution in [0, 0.1) is 11.6 Å². The highest BCUT2D eigenvalue weighted by atomic mass is 19.2. The van der Waals surface area contributed by atoms with Gasteiger partial charge in [0.2, 0.25) is 0 Å². The van der Waals surface area contributed by atoms with Crippen LogP contribution in [0.2, 0.25) is 0 Å². The molecule has 0 aliphatic carbocycles. The number of hydrogen-bond acceptors (Lipinski definition) is 2. The van der Waals surface area contributed by atoms with E-state index in [0.717, 1.165) is 18.2 Å². The summed E-state index contributed by atoms with van der Waals surface area (Å²) in [6.45, 7) is 0. The van der Waals surface area contributed by atoms with E-state index in [9.17, 15) is 23.5 Å². The number of hydrogen-bond donors (Lipinski definition) is 2. The molecule has 0 radical (unpaired) electrons. The minimum absolute atomic E-state index is 0.132.